The SMILES string of the molecule is COc1cc(OC)cc([C@@H](NS(=O)(=O)c2cccc(C(F)(F)F)c2)c2nccn2C)c1. The Hall–Kier alpha value is -3.05. The van der Waals surface area contributed by atoms with Crippen LogP contribution in [0.25, 0.3) is 0 Å². The maximum atomic E-state index is 13.1. The average molecular weight is 455 g/mol. The molecule has 0 saturated heterocycles. The number of hydrogen-bond acceptors (Lipinski definition) is 5. The fourth-order valence-electron chi connectivity index (χ4n) is 2.98. The van der Waals surface area contributed by atoms with Crippen molar-refractivity contribution in [1.82, 2.24) is 14.3 Å². The number of aryl methyl sites for hydroxylation is 1. The molecule has 0 fully saturated rings. The lowest BCUT2D eigenvalue weighted by Gasteiger charge is -2.21. The summed E-state index contributed by atoms with van der Waals surface area (Å²) in [5.41, 5.74) is -0.631. The van der Waals surface area contributed by atoms with E-state index in [2.05, 4.69) is 9.71 Å². The van der Waals surface area contributed by atoms with Gasteiger partial charge in [0.1, 0.15) is 23.4 Å². The summed E-state index contributed by atoms with van der Waals surface area (Å²) >= 11 is 0. The highest BCUT2D eigenvalue weighted by atomic mass is 32.2. The maximum Gasteiger partial charge on any atom is 0.416 e. The van der Waals surface area contributed by atoms with Crippen LogP contribution in [0.15, 0.2) is 59.8 Å². The first-order valence-electron chi connectivity index (χ1n) is 8.95. The molecule has 0 bridgehead atoms. The molecule has 0 spiro atoms. The van der Waals surface area contributed by atoms with Crippen molar-refractivity contribution in [3.05, 3.63) is 71.8 Å². The zero-order valence-corrected chi connectivity index (χ0v) is 17.7. The molecule has 1 aromatic heterocycles. The predicted octanol–water partition coefficient (Wildman–Crippen LogP) is 3.52. The van der Waals surface area contributed by atoms with Gasteiger partial charge in [-0.2, -0.15) is 17.9 Å². The predicted molar refractivity (Wildman–Crippen MR) is 106 cm³/mol. The Balaban J connectivity index is 2.10. The zero-order valence-electron chi connectivity index (χ0n) is 16.8. The molecule has 0 radical (unpaired) electrons. The highest BCUT2D eigenvalue weighted by Crippen LogP contribution is 2.33. The Morgan fingerprint density at radius 2 is 1.71 bits per heavy atom. The second-order valence-corrected chi connectivity index (χ2v) is 8.34. The number of benzene rings is 2. The number of methoxy groups -OCH3 is 2. The molecule has 0 saturated carbocycles. The molecule has 166 valence electrons. The molecule has 0 aliphatic heterocycles. The molecule has 7 nitrogen and oxygen atoms in total. The number of alkyl halides is 3. The maximum absolute atomic E-state index is 13.1. The second kappa shape index (κ2) is 8.60. The van der Waals surface area contributed by atoms with Crippen LogP contribution in [0.4, 0.5) is 13.2 Å². The molecule has 0 unspecified atom stereocenters. The Morgan fingerprint density at radius 3 is 2.23 bits per heavy atom. The standard InChI is InChI=1S/C20H20F3N3O4S/c1-26-8-7-24-19(26)18(13-9-15(29-2)12-16(10-13)30-3)25-31(27,28)17-6-4-5-14(11-17)20(21,22)23/h4-12,18,25H,1-3H3/t18-/m1/s1. The van der Waals surface area contributed by atoms with E-state index >= 15 is 0 Å². The van der Waals surface area contributed by atoms with Crippen molar-refractivity contribution in [3.8, 4) is 11.5 Å². The number of rotatable bonds is 7. The monoisotopic (exact) mass is 455 g/mol. The van der Waals surface area contributed by atoms with E-state index in [4.69, 9.17) is 9.47 Å². The number of ether oxygens (including phenoxy) is 2. The van der Waals surface area contributed by atoms with Crippen LogP contribution < -0.4 is 14.2 Å². The van der Waals surface area contributed by atoms with Crippen molar-refractivity contribution in [2.75, 3.05) is 14.2 Å². The summed E-state index contributed by atoms with van der Waals surface area (Å²) in [4.78, 5) is 3.70. The molecular weight excluding hydrogens is 435 g/mol. The Morgan fingerprint density at radius 1 is 1.06 bits per heavy atom. The van der Waals surface area contributed by atoms with E-state index in [1.807, 2.05) is 0 Å². The van der Waals surface area contributed by atoms with Crippen LogP contribution in [0.1, 0.15) is 23.0 Å². The lowest BCUT2D eigenvalue weighted by Crippen LogP contribution is -2.31. The van der Waals surface area contributed by atoms with Gasteiger partial charge in [0, 0.05) is 25.5 Å². The number of aromatic nitrogens is 2. The Kier molecular flexibility index (Phi) is 6.27. The molecular formula is C20H20F3N3O4S. The molecule has 0 aliphatic rings. The van der Waals surface area contributed by atoms with E-state index in [0.717, 1.165) is 18.2 Å². The summed E-state index contributed by atoms with van der Waals surface area (Å²) in [6.45, 7) is 0. The van der Waals surface area contributed by atoms with Gasteiger partial charge >= 0.3 is 6.18 Å². The van der Waals surface area contributed by atoms with E-state index in [0.29, 0.717) is 29.0 Å². The number of sulfonamides is 1. The molecule has 1 atom stereocenters. The normalized spacial score (nSPS) is 13.1. The van der Waals surface area contributed by atoms with Gasteiger partial charge < -0.3 is 14.0 Å². The molecule has 2 aromatic carbocycles. The summed E-state index contributed by atoms with van der Waals surface area (Å²) in [5.74, 6) is 1.14. The molecule has 1 heterocycles. The smallest absolute Gasteiger partial charge is 0.416 e. The van der Waals surface area contributed by atoms with Gasteiger partial charge in [-0.25, -0.2) is 13.4 Å². The average Bonchev–Trinajstić information content (AvgIpc) is 3.16. The van der Waals surface area contributed by atoms with E-state index in [1.54, 1.807) is 36.0 Å². The van der Waals surface area contributed by atoms with Crippen LogP contribution in [-0.2, 0) is 23.2 Å². The third kappa shape index (κ3) is 5.00. The Labute approximate surface area is 177 Å². The first kappa shape index (κ1) is 22.6. The van der Waals surface area contributed by atoms with Crippen LogP contribution in [0.5, 0.6) is 11.5 Å². The fourth-order valence-corrected chi connectivity index (χ4v) is 4.21. The quantitative estimate of drug-likeness (QED) is 0.590. The molecule has 0 aliphatic carbocycles. The molecule has 3 rings (SSSR count). The summed E-state index contributed by atoms with van der Waals surface area (Å²) < 4.78 is 79.8. The van der Waals surface area contributed by atoms with Crippen LogP contribution in [0.3, 0.4) is 0 Å². The molecule has 11 heteroatoms. The van der Waals surface area contributed by atoms with Crippen molar-refractivity contribution in [1.29, 1.82) is 0 Å². The lowest BCUT2D eigenvalue weighted by atomic mass is 10.1. The van der Waals surface area contributed by atoms with E-state index in [-0.39, 0.29) is 0 Å². The van der Waals surface area contributed by atoms with Crippen molar-refractivity contribution in [2.45, 2.75) is 17.1 Å². The first-order chi connectivity index (χ1) is 14.5. The summed E-state index contributed by atoms with van der Waals surface area (Å²) in [5, 5.41) is 0. The Bertz CT molecular complexity index is 1150. The largest absolute Gasteiger partial charge is 0.497 e. The van der Waals surface area contributed by atoms with Gasteiger partial charge in [-0.05, 0) is 35.9 Å². The van der Waals surface area contributed by atoms with Crippen LogP contribution >= 0.6 is 0 Å². The van der Waals surface area contributed by atoms with Gasteiger partial charge in [0.15, 0.2) is 0 Å². The number of imidazole rings is 1. The summed E-state index contributed by atoms with van der Waals surface area (Å²) in [6, 6.07) is 7.31. The molecule has 3 aromatic rings. The fraction of sp³-hybridized carbons (Fsp3) is 0.250. The topological polar surface area (TPSA) is 82.4 Å². The third-order valence-corrected chi connectivity index (χ3v) is 5.99. The first-order valence-corrected chi connectivity index (χ1v) is 10.4. The second-order valence-electron chi connectivity index (χ2n) is 6.62. The van der Waals surface area contributed by atoms with Crippen molar-refractivity contribution in [2.24, 2.45) is 7.05 Å². The van der Waals surface area contributed by atoms with E-state index < -0.39 is 32.7 Å². The number of hydrogen-bond donors (Lipinski definition) is 1. The van der Waals surface area contributed by atoms with Gasteiger partial charge in [0.05, 0.1) is 24.7 Å². The molecule has 1 N–H and O–H groups in total. The van der Waals surface area contributed by atoms with Crippen molar-refractivity contribution in [3.63, 3.8) is 0 Å². The highest BCUT2D eigenvalue weighted by Gasteiger charge is 2.33. The molecule has 0 amide bonds. The minimum Gasteiger partial charge on any atom is -0.497 e. The van der Waals surface area contributed by atoms with Gasteiger partial charge in [-0.1, -0.05) is 6.07 Å². The number of nitrogens with zero attached hydrogens (tertiary/aromatic N) is 2. The van der Waals surface area contributed by atoms with Crippen LogP contribution in [0, 0.1) is 0 Å². The summed E-state index contributed by atoms with van der Waals surface area (Å²) in [7, 11) is 0.206. The van der Waals surface area contributed by atoms with Crippen LogP contribution in [0.2, 0.25) is 0 Å². The minimum atomic E-state index is -4.68. The molecule has 31 heavy (non-hydrogen) atoms. The third-order valence-electron chi connectivity index (χ3n) is 4.57. The zero-order chi connectivity index (χ0) is 22.8. The van der Waals surface area contributed by atoms with E-state index in [1.165, 1.54) is 20.4 Å². The summed E-state index contributed by atoms with van der Waals surface area (Å²) in [6.07, 6.45) is -1.57. The van der Waals surface area contributed by atoms with Crippen molar-refractivity contribution < 1.29 is 31.1 Å². The van der Waals surface area contributed by atoms with Gasteiger partial charge in [-0.3, -0.25) is 0 Å². The highest BCUT2D eigenvalue weighted by molar-refractivity contribution is 7.89. The van der Waals surface area contributed by atoms with Crippen molar-refractivity contribution >= 4 is 10.0 Å². The number of nitrogens with one attached hydrogen (secondary N) is 1. The van der Waals surface area contributed by atoms with Crippen LogP contribution in [-0.4, -0.2) is 32.2 Å². The van der Waals surface area contributed by atoms with Gasteiger partial charge in [-0.15, -0.1) is 0 Å². The van der Waals surface area contributed by atoms with Gasteiger partial charge in [0.2, 0.25) is 10.0 Å². The van der Waals surface area contributed by atoms with E-state index in [9.17, 15) is 21.6 Å². The number of halogens is 3. The lowest BCUT2D eigenvalue weighted by molar-refractivity contribution is -0.137. The minimum absolute atomic E-state index is 0.325. The van der Waals surface area contributed by atoms with Gasteiger partial charge in [0.25, 0.3) is 0 Å².